The zero-order valence-electron chi connectivity index (χ0n) is 16.3. The Kier molecular flexibility index (Phi) is 4.20. The van der Waals surface area contributed by atoms with Crippen LogP contribution in [0.15, 0.2) is 48.2 Å². The molecular formula is C25H24N2O. The quantitative estimate of drug-likeness (QED) is 0.631. The number of hydrogen-bond acceptors (Lipinski definition) is 2. The second-order valence-electron chi connectivity index (χ2n) is 7.62. The molecule has 3 aromatic rings. The van der Waals surface area contributed by atoms with E-state index >= 15 is 0 Å². The molecule has 0 saturated carbocycles. The molecule has 2 aliphatic rings. The van der Waals surface area contributed by atoms with Crippen molar-refractivity contribution in [2.45, 2.75) is 25.8 Å². The fourth-order valence-corrected chi connectivity index (χ4v) is 4.51. The number of aryl methyl sites for hydroxylation is 1. The maximum absolute atomic E-state index is 5.58. The van der Waals surface area contributed by atoms with Crippen molar-refractivity contribution < 1.29 is 4.74 Å². The van der Waals surface area contributed by atoms with Crippen LogP contribution in [0.5, 0.6) is 5.75 Å². The Balaban J connectivity index is 1.57. The van der Waals surface area contributed by atoms with Crippen molar-refractivity contribution in [3.05, 3.63) is 81.7 Å². The molecule has 1 atom stereocenters. The Hall–Kier alpha value is -3.00. The first kappa shape index (κ1) is 17.1. The van der Waals surface area contributed by atoms with Crippen LogP contribution in [-0.2, 0) is 12.8 Å². The van der Waals surface area contributed by atoms with Gasteiger partial charge in [-0.05, 0) is 73.4 Å². The predicted octanol–water partition coefficient (Wildman–Crippen LogP) is 5.11. The molecule has 0 saturated heterocycles. The van der Waals surface area contributed by atoms with Gasteiger partial charge in [0.05, 0.1) is 13.2 Å². The second kappa shape index (κ2) is 6.87. The van der Waals surface area contributed by atoms with Crippen LogP contribution < -0.4 is 10.1 Å². The molecule has 0 radical (unpaired) electrons. The Morgan fingerprint density at radius 1 is 1.18 bits per heavy atom. The lowest BCUT2D eigenvalue weighted by Crippen LogP contribution is -2.31. The molecule has 1 aliphatic heterocycles. The molecule has 1 aliphatic carbocycles. The van der Waals surface area contributed by atoms with E-state index in [0.717, 1.165) is 30.7 Å². The van der Waals surface area contributed by atoms with Crippen LogP contribution in [0.4, 0.5) is 0 Å². The smallest absolute Gasteiger partial charge is 0.127 e. The van der Waals surface area contributed by atoms with Gasteiger partial charge in [-0.1, -0.05) is 29.8 Å². The fraction of sp³-hybridized carbons (Fsp3) is 0.240. The van der Waals surface area contributed by atoms with E-state index in [1.807, 2.05) is 12.2 Å². The van der Waals surface area contributed by atoms with Gasteiger partial charge in [0.25, 0.3) is 0 Å². The van der Waals surface area contributed by atoms with Gasteiger partial charge in [0.2, 0.25) is 0 Å². The minimum absolute atomic E-state index is 0.280. The third-order valence-electron chi connectivity index (χ3n) is 5.87. The summed E-state index contributed by atoms with van der Waals surface area (Å²) in [4.78, 5) is 3.70. The topological polar surface area (TPSA) is 37.0 Å². The summed E-state index contributed by atoms with van der Waals surface area (Å²) in [5, 5.41) is 5.11. The summed E-state index contributed by atoms with van der Waals surface area (Å²) < 4.78 is 5.58. The maximum atomic E-state index is 5.58. The van der Waals surface area contributed by atoms with Gasteiger partial charge in [-0.3, -0.25) is 0 Å². The zero-order valence-corrected chi connectivity index (χ0v) is 16.3. The van der Waals surface area contributed by atoms with Crippen molar-refractivity contribution in [2.75, 3.05) is 13.7 Å². The Morgan fingerprint density at radius 2 is 2.11 bits per heavy atom. The minimum Gasteiger partial charge on any atom is -0.496 e. The number of H-pyrrole nitrogens is 1. The first-order valence-electron chi connectivity index (χ1n) is 9.88. The lowest BCUT2D eigenvalue weighted by Gasteiger charge is -2.25. The number of aromatic amines is 1. The van der Waals surface area contributed by atoms with Crippen LogP contribution >= 0.6 is 0 Å². The molecule has 28 heavy (non-hydrogen) atoms. The highest BCUT2D eigenvalue weighted by Gasteiger charge is 2.25. The second-order valence-corrected chi connectivity index (χ2v) is 7.62. The average Bonchev–Trinajstić information content (AvgIpc) is 2.90. The SMILES string of the molecule is COc1ccc(CC2NCCc3c2[nH]c2ccc(C)cc32)c2c1C=C=CC=C2. The Bertz CT molecular complexity index is 1160. The lowest BCUT2D eigenvalue weighted by molar-refractivity contribution is 0.413. The van der Waals surface area contributed by atoms with E-state index in [9.17, 15) is 0 Å². The van der Waals surface area contributed by atoms with Crippen LogP contribution in [-0.4, -0.2) is 18.6 Å². The maximum Gasteiger partial charge on any atom is 0.127 e. The summed E-state index contributed by atoms with van der Waals surface area (Å²) >= 11 is 0. The van der Waals surface area contributed by atoms with E-state index in [1.54, 1.807) is 7.11 Å². The predicted molar refractivity (Wildman–Crippen MR) is 116 cm³/mol. The standard InChI is InChI=1S/C25H24N2O/c1-16-8-10-22-21(14-16)20-12-13-26-23(25(20)27-22)15-17-9-11-24(28-2)19-7-5-3-4-6-18(17)19/h3-4,6-11,14,23,26-27H,12-13,15H2,1-2H3. The molecule has 2 aromatic carbocycles. The van der Waals surface area contributed by atoms with Gasteiger partial charge >= 0.3 is 0 Å². The molecule has 5 rings (SSSR count). The first-order valence-corrected chi connectivity index (χ1v) is 9.88. The van der Waals surface area contributed by atoms with E-state index in [4.69, 9.17) is 4.74 Å². The third kappa shape index (κ3) is 2.80. The van der Waals surface area contributed by atoms with Crippen LogP contribution in [0.3, 0.4) is 0 Å². The highest BCUT2D eigenvalue weighted by molar-refractivity contribution is 5.86. The van der Waals surface area contributed by atoms with Gasteiger partial charge in [0, 0.05) is 22.2 Å². The molecule has 1 unspecified atom stereocenters. The average molecular weight is 368 g/mol. The van der Waals surface area contributed by atoms with Gasteiger partial charge in [-0.2, -0.15) is 0 Å². The number of fused-ring (bicyclic) bond motifs is 4. The summed E-state index contributed by atoms with van der Waals surface area (Å²) in [5.74, 6) is 0.893. The third-order valence-corrected chi connectivity index (χ3v) is 5.87. The van der Waals surface area contributed by atoms with E-state index in [2.05, 4.69) is 65.4 Å². The van der Waals surface area contributed by atoms with E-state index in [1.165, 1.54) is 38.9 Å². The number of benzene rings is 2. The molecule has 0 fully saturated rings. The summed E-state index contributed by atoms with van der Waals surface area (Å²) in [6, 6.07) is 11.3. The summed E-state index contributed by atoms with van der Waals surface area (Å²) in [6.07, 6.45) is 10.2. The summed E-state index contributed by atoms with van der Waals surface area (Å²) in [5.41, 5.74) is 12.2. The van der Waals surface area contributed by atoms with Crippen molar-refractivity contribution in [1.82, 2.24) is 10.3 Å². The zero-order chi connectivity index (χ0) is 19.1. The van der Waals surface area contributed by atoms with E-state index < -0.39 is 0 Å². The van der Waals surface area contributed by atoms with Crippen molar-refractivity contribution in [1.29, 1.82) is 0 Å². The van der Waals surface area contributed by atoms with Crippen molar-refractivity contribution in [3.63, 3.8) is 0 Å². The molecule has 0 amide bonds. The van der Waals surface area contributed by atoms with E-state index in [0.29, 0.717) is 0 Å². The van der Waals surface area contributed by atoms with Gasteiger partial charge in [-0.15, -0.1) is 5.73 Å². The number of aromatic nitrogens is 1. The van der Waals surface area contributed by atoms with Gasteiger partial charge in [-0.25, -0.2) is 0 Å². The number of nitrogens with one attached hydrogen (secondary N) is 2. The normalized spacial score (nSPS) is 17.4. The molecule has 3 nitrogen and oxygen atoms in total. The molecular weight excluding hydrogens is 344 g/mol. The molecule has 1 aromatic heterocycles. The Labute approximate surface area is 165 Å². The molecule has 2 N–H and O–H groups in total. The number of allylic oxidation sites excluding steroid dienone is 2. The van der Waals surface area contributed by atoms with E-state index in [-0.39, 0.29) is 6.04 Å². The number of rotatable bonds is 3. The van der Waals surface area contributed by atoms with Crippen LogP contribution in [0, 0.1) is 6.92 Å². The largest absolute Gasteiger partial charge is 0.496 e. The molecule has 3 heteroatoms. The fourth-order valence-electron chi connectivity index (χ4n) is 4.51. The van der Waals surface area contributed by atoms with Crippen LogP contribution in [0.25, 0.3) is 23.1 Å². The molecule has 2 heterocycles. The highest BCUT2D eigenvalue weighted by Crippen LogP contribution is 2.35. The molecule has 0 bridgehead atoms. The number of ether oxygens (including phenoxy) is 1. The molecule has 0 spiro atoms. The summed E-state index contributed by atoms with van der Waals surface area (Å²) in [7, 11) is 1.73. The molecule has 140 valence electrons. The van der Waals surface area contributed by atoms with Crippen molar-refractivity contribution in [2.24, 2.45) is 0 Å². The van der Waals surface area contributed by atoms with Crippen molar-refractivity contribution >= 4 is 23.1 Å². The van der Waals surface area contributed by atoms with Crippen molar-refractivity contribution in [3.8, 4) is 5.75 Å². The van der Waals surface area contributed by atoms with Crippen LogP contribution in [0.1, 0.15) is 39.6 Å². The first-order chi connectivity index (χ1) is 13.7. The minimum atomic E-state index is 0.280. The highest BCUT2D eigenvalue weighted by atomic mass is 16.5. The summed E-state index contributed by atoms with van der Waals surface area (Å²) in [6.45, 7) is 3.17. The monoisotopic (exact) mass is 368 g/mol. The van der Waals surface area contributed by atoms with Gasteiger partial charge < -0.3 is 15.0 Å². The lowest BCUT2D eigenvalue weighted by atomic mass is 9.90. The number of methoxy groups -OCH3 is 1. The Morgan fingerprint density at radius 3 is 3.00 bits per heavy atom. The number of hydrogen-bond donors (Lipinski definition) is 2. The van der Waals surface area contributed by atoms with Gasteiger partial charge in [0.1, 0.15) is 5.75 Å². The van der Waals surface area contributed by atoms with Crippen LogP contribution in [0.2, 0.25) is 0 Å². The van der Waals surface area contributed by atoms with Gasteiger partial charge in [0.15, 0.2) is 0 Å².